The van der Waals surface area contributed by atoms with Gasteiger partial charge in [-0.3, -0.25) is 0 Å². The minimum Gasteiger partial charge on any atom is -0.457 e. The van der Waals surface area contributed by atoms with Crippen LogP contribution in [0, 0.1) is 6.92 Å². The van der Waals surface area contributed by atoms with Crippen LogP contribution < -0.4 is 15.7 Å². The van der Waals surface area contributed by atoms with Crippen molar-refractivity contribution >= 4 is 11.5 Å². The lowest BCUT2D eigenvalue weighted by atomic mass is 10.2. The summed E-state index contributed by atoms with van der Waals surface area (Å²) in [4.78, 5) is 11.6. The first-order valence-electron chi connectivity index (χ1n) is 8.20. The van der Waals surface area contributed by atoms with E-state index in [4.69, 9.17) is 4.74 Å². The van der Waals surface area contributed by atoms with E-state index >= 15 is 0 Å². The highest BCUT2D eigenvalue weighted by molar-refractivity contribution is 5.45. The van der Waals surface area contributed by atoms with Crippen LogP contribution >= 0.6 is 0 Å². The number of hydrogen-bond acceptors (Lipinski definition) is 5. The molecule has 7 heteroatoms. The molecule has 2 aromatic carbocycles. The van der Waals surface area contributed by atoms with Crippen molar-refractivity contribution in [2.45, 2.75) is 13.5 Å². The number of ether oxygens (including phenoxy) is 1. The summed E-state index contributed by atoms with van der Waals surface area (Å²) < 4.78 is 7.24. The molecule has 130 valence electrons. The topological polar surface area (TPSA) is 84.3 Å². The Balaban J connectivity index is 1.54. The Bertz CT molecular complexity index is 1120. The average Bonchev–Trinajstić information content (AvgIpc) is 3.02. The molecule has 2 N–H and O–H groups in total. The standard InChI is InChI=1S/C19H17N5O2/c1-13-5-4-7-15(11-13)26-16-8-3-2-6-14(16)12-20-17-9-10-18-21-22-19(25)24(18)23-17/h2-11H,12H2,1H3,(H,20,23)(H,22,25). The number of aromatic amines is 1. The van der Waals surface area contributed by atoms with Crippen molar-refractivity contribution in [1.29, 1.82) is 0 Å². The van der Waals surface area contributed by atoms with Crippen LogP contribution in [0.25, 0.3) is 5.65 Å². The molecular formula is C19H17N5O2. The minimum atomic E-state index is -0.369. The van der Waals surface area contributed by atoms with E-state index in [2.05, 4.69) is 20.6 Å². The van der Waals surface area contributed by atoms with E-state index < -0.39 is 0 Å². The lowest BCUT2D eigenvalue weighted by Crippen LogP contribution is -2.14. The molecule has 0 aliphatic heterocycles. The Morgan fingerprint density at radius 1 is 1.12 bits per heavy atom. The second-order valence-electron chi connectivity index (χ2n) is 5.90. The van der Waals surface area contributed by atoms with Crippen molar-refractivity contribution in [3.63, 3.8) is 0 Å². The van der Waals surface area contributed by atoms with Gasteiger partial charge in [-0.2, -0.15) is 9.61 Å². The Morgan fingerprint density at radius 2 is 2.00 bits per heavy atom. The van der Waals surface area contributed by atoms with E-state index in [0.29, 0.717) is 18.0 Å². The van der Waals surface area contributed by atoms with Gasteiger partial charge in [0.1, 0.15) is 17.3 Å². The van der Waals surface area contributed by atoms with Crippen molar-refractivity contribution in [3.05, 3.63) is 82.3 Å². The summed E-state index contributed by atoms with van der Waals surface area (Å²) in [5.74, 6) is 2.14. The molecule has 7 nitrogen and oxygen atoms in total. The van der Waals surface area contributed by atoms with Crippen molar-refractivity contribution in [2.24, 2.45) is 0 Å². The number of benzene rings is 2. The number of aromatic nitrogens is 4. The third-order valence-electron chi connectivity index (χ3n) is 3.92. The molecular weight excluding hydrogens is 330 g/mol. The fraction of sp³-hybridized carbons (Fsp3) is 0.105. The second-order valence-corrected chi connectivity index (χ2v) is 5.90. The maximum absolute atomic E-state index is 11.6. The summed E-state index contributed by atoms with van der Waals surface area (Å²) in [7, 11) is 0. The molecule has 2 heterocycles. The van der Waals surface area contributed by atoms with Crippen LogP contribution in [0.4, 0.5) is 5.82 Å². The molecule has 2 aromatic heterocycles. The smallest absolute Gasteiger partial charge is 0.364 e. The molecule has 0 radical (unpaired) electrons. The predicted molar refractivity (Wildman–Crippen MR) is 98.6 cm³/mol. The van der Waals surface area contributed by atoms with Crippen LogP contribution in [0.5, 0.6) is 11.5 Å². The van der Waals surface area contributed by atoms with E-state index in [-0.39, 0.29) is 5.69 Å². The van der Waals surface area contributed by atoms with Crippen LogP contribution in [0.15, 0.2) is 65.5 Å². The Kier molecular flexibility index (Phi) is 4.10. The normalized spacial score (nSPS) is 10.8. The number of aryl methyl sites for hydroxylation is 1. The third-order valence-corrected chi connectivity index (χ3v) is 3.92. The van der Waals surface area contributed by atoms with Crippen LogP contribution in [-0.4, -0.2) is 19.8 Å². The monoisotopic (exact) mass is 347 g/mol. The molecule has 0 aliphatic carbocycles. The maximum atomic E-state index is 11.6. The van der Waals surface area contributed by atoms with E-state index in [0.717, 1.165) is 22.6 Å². The highest BCUT2D eigenvalue weighted by Crippen LogP contribution is 2.26. The van der Waals surface area contributed by atoms with Crippen LogP contribution in [0.2, 0.25) is 0 Å². The molecule has 0 aliphatic rings. The van der Waals surface area contributed by atoms with Crippen LogP contribution in [0.1, 0.15) is 11.1 Å². The summed E-state index contributed by atoms with van der Waals surface area (Å²) in [6.07, 6.45) is 0. The molecule has 0 amide bonds. The largest absolute Gasteiger partial charge is 0.457 e. The average molecular weight is 347 g/mol. The van der Waals surface area contributed by atoms with Gasteiger partial charge >= 0.3 is 5.69 Å². The number of hydrogen-bond donors (Lipinski definition) is 2. The highest BCUT2D eigenvalue weighted by atomic mass is 16.5. The zero-order chi connectivity index (χ0) is 17.9. The molecule has 0 spiro atoms. The number of nitrogens with one attached hydrogen (secondary N) is 2. The molecule has 0 fully saturated rings. The van der Waals surface area contributed by atoms with Crippen molar-refractivity contribution in [3.8, 4) is 11.5 Å². The van der Waals surface area contributed by atoms with E-state index in [1.807, 2.05) is 55.5 Å². The molecule has 0 unspecified atom stereocenters. The third kappa shape index (κ3) is 3.27. The van der Waals surface area contributed by atoms with Crippen molar-refractivity contribution in [2.75, 3.05) is 5.32 Å². The van der Waals surface area contributed by atoms with Crippen molar-refractivity contribution in [1.82, 2.24) is 19.8 Å². The number of fused-ring (bicyclic) bond motifs is 1. The Labute approximate surface area is 149 Å². The van der Waals surface area contributed by atoms with Gasteiger partial charge in [0, 0.05) is 12.1 Å². The van der Waals surface area contributed by atoms with Gasteiger partial charge < -0.3 is 10.1 Å². The number of H-pyrrole nitrogens is 1. The Hall–Kier alpha value is -3.61. The first-order valence-corrected chi connectivity index (χ1v) is 8.20. The first kappa shape index (κ1) is 15.9. The van der Waals surface area contributed by atoms with E-state index in [9.17, 15) is 4.79 Å². The summed E-state index contributed by atoms with van der Waals surface area (Å²) in [6, 6.07) is 19.2. The number of anilines is 1. The highest BCUT2D eigenvalue weighted by Gasteiger charge is 2.07. The summed E-state index contributed by atoms with van der Waals surface area (Å²) >= 11 is 0. The molecule has 0 saturated heterocycles. The van der Waals surface area contributed by atoms with Crippen LogP contribution in [0.3, 0.4) is 0 Å². The number of para-hydroxylation sites is 1. The van der Waals surface area contributed by atoms with Gasteiger partial charge in [0.25, 0.3) is 0 Å². The molecule has 4 rings (SSSR count). The summed E-state index contributed by atoms with van der Waals surface area (Å²) in [6.45, 7) is 2.53. The lowest BCUT2D eigenvalue weighted by Gasteiger charge is -2.12. The molecule has 0 atom stereocenters. The second kappa shape index (κ2) is 6.72. The van der Waals surface area contributed by atoms with Gasteiger partial charge in [0.15, 0.2) is 5.65 Å². The SMILES string of the molecule is Cc1cccc(Oc2ccccc2CNc2ccc3n[nH]c(=O)n3n2)c1. The van der Waals surface area contributed by atoms with Gasteiger partial charge in [-0.1, -0.05) is 30.3 Å². The van der Waals surface area contributed by atoms with Crippen molar-refractivity contribution < 1.29 is 4.74 Å². The van der Waals surface area contributed by atoms with Gasteiger partial charge in [0.05, 0.1) is 0 Å². The van der Waals surface area contributed by atoms with Crippen LogP contribution in [-0.2, 0) is 6.54 Å². The zero-order valence-electron chi connectivity index (χ0n) is 14.1. The summed E-state index contributed by atoms with van der Waals surface area (Å²) in [5, 5.41) is 13.7. The predicted octanol–water partition coefficient (Wildman–Crippen LogP) is 3.13. The minimum absolute atomic E-state index is 0.369. The van der Waals surface area contributed by atoms with Gasteiger partial charge in [-0.05, 0) is 42.8 Å². The quantitative estimate of drug-likeness (QED) is 0.579. The molecule has 0 bridgehead atoms. The van der Waals surface area contributed by atoms with Gasteiger partial charge in [-0.15, -0.1) is 5.10 Å². The lowest BCUT2D eigenvalue weighted by molar-refractivity contribution is 0.476. The first-order chi connectivity index (χ1) is 12.7. The fourth-order valence-electron chi connectivity index (χ4n) is 2.64. The molecule has 26 heavy (non-hydrogen) atoms. The fourth-order valence-corrected chi connectivity index (χ4v) is 2.64. The van der Waals surface area contributed by atoms with Gasteiger partial charge in [0.2, 0.25) is 0 Å². The molecule has 0 saturated carbocycles. The summed E-state index contributed by atoms with van der Waals surface area (Å²) in [5.41, 5.74) is 2.23. The Morgan fingerprint density at radius 3 is 2.88 bits per heavy atom. The van der Waals surface area contributed by atoms with Gasteiger partial charge in [-0.25, -0.2) is 9.89 Å². The molecule has 4 aromatic rings. The number of nitrogens with zero attached hydrogens (tertiary/aromatic N) is 3. The van der Waals surface area contributed by atoms with E-state index in [1.54, 1.807) is 12.1 Å². The maximum Gasteiger partial charge on any atom is 0.364 e. The zero-order valence-corrected chi connectivity index (χ0v) is 14.1. The van der Waals surface area contributed by atoms with E-state index in [1.165, 1.54) is 4.52 Å². The number of rotatable bonds is 5.